The molecule has 1 aliphatic carbocycles. The van der Waals surface area contributed by atoms with Crippen LogP contribution < -0.4 is 0 Å². The molecule has 0 aromatic carbocycles. The molecule has 0 amide bonds. The summed E-state index contributed by atoms with van der Waals surface area (Å²) in [7, 11) is 0. The Hall–Kier alpha value is -2.37. The number of carbonyl (C=O) groups excluding carboxylic acids is 3. The first-order valence-electron chi connectivity index (χ1n) is 8.36. The molecule has 1 fully saturated rings. The van der Waals surface area contributed by atoms with Crippen LogP contribution in [-0.4, -0.2) is 33.8 Å². The zero-order valence-corrected chi connectivity index (χ0v) is 13.7. The molecule has 0 atom stereocenters. The van der Waals surface area contributed by atoms with Crippen LogP contribution >= 0.6 is 0 Å². The van der Waals surface area contributed by atoms with Gasteiger partial charge in [0, 0.05) is 12.6 Å². The lowest BCUT2D eigenvalue weighted by Gasteiger charge is -2.35. The molecular formula is C18H21NO5. The van der Waals surface area contributed by atoms with Gasteiger partial charge in [0.25, 0.3) is 0 Å². The molecular weight excluding hydrogens is 310 g/mol. The van der Waals surface area contributed by atoms with Crippen molar-refractivity contribution in [1.82, 2.24) is 4.57 Å². The number of hydrogen-bond acceptors (Lipinski definition) is 5. The van der Waals surface area contributed by atoms with Gasteiger partial charge in [0.15, 0.2) is 17.3 Å². The Labute approximate surface area is 140 Å². The standard InChI is InChI=1S/C18H21NO5/c1-2-24-14(21)8-7-13(20)15-16(22)12-6-5-11-19(12)18(17(15)23)9-3-4-10-18/h5-6,11,22H,2-4,7-10H2,1H3. The van der Waals surface area contributed by atoms with Crippen LogP contribution in [0.2, 0.25) is 0 Å². The molecule has 3 rings (SSSR count). The summed E-state index contributed by atoms with van der Waals surface area (Å²) < 4.78 is 6.62. The lowest BCUT2D eigenvalue weighted by atomic mass is 9.81. The Kier molecular flexibility index (Phi) is 4.30. The zero-order chi connectivity index (χ0) is 17.3. The second kappa shape index (κ2) is 6.26. The number of ether oxygens (including phenoxy) is 1. The largest absolute Gasteiger partial charge is 0.505 e. The first-order chi connectivity index (χ1) is 11.5. The van der Waals surface area contributed by atoms with Crippen molar-refractivity contribution in [3.63, 3.8) is 0 Å². The van der Waals surface area contributed by atoms with Gasteiger partial charge < -0.3 is 14.4 Å². The Balaban J connectivity index is 1.92. The van der Waals surface area contributed by atoms with Gasteiger partial charge in [-0.2, -0.15) is 0 Å². The van der Waals surface area contributed by atoms with Gasteiger partial charge in [-0.15, -0.1) is 0 Å². The van der Waals surface area contributed by atoms with Crippen molar-refractivity contribution in [2.45, 2.75) is 51.0 Å². The number of fused-ring (bicyclic) bond motifs is 2. The molecule has 0 saturated heterocycles. The van der Waals surface area contributed by atoms with Gasteiger partial charge in [-0.3, -0.25) is 14.4 Å². The van der Waals surface area contributed by atoms with Crippen LogP contribution in [0.1, 0.15) is 51.1 Å². The summed E-state index contributed by atoms with van der Waals surface area (Å²) >= 11 is 0. The molecule has 0 unspecified atom stereocenters. The molecule has 2 aliphatic rings. The van der Waals surface area contributed by atoms with Gasteiger partial charge in [0.1, 0.15) is 11.1 Å². The SMILES string of the molecule is CCOC(=O)CCC(=O)C1=C(O)c2cccn2C2(CCCC2)C1=O. The molecule has 24 heavy (non-hydrogen) atoms. The summed E-state index contributed by atoms with van der Waals surface area (Å²) in [4.78, 5) is 37.1. The predicted molar refractivity (Wildman–Crippen MR) is 86.3 cm³/mol. The van der Waals surface area contributed by atoms with E-state index in [1.807, 2.05) is 0 Å². The van der Waals surface area contributed by atoms with Gasteiger partial charge in [0.05, 0.1) is 18.7 Å². The van der Waals surface area contributed by atoms with Crippen LogP contribution in [0.4, 0.5) is 0 Å². The van der Waals surface area contributed by atoms with E-state index in [4.69, 9.17) is 4.74 Å². The van der Waals surface area contributed by atoms with Crippen molar-refractivity contribution in [2.24, 2.45) is 0 Å². The lowest BCUT2D eigenvalue weighted by Crippen LogP contribution is -2.45. The molecule has 1 aliphatic heterocycles. The fourth-order valence-electron chi connectivity index (χ4n) is 3.79. The van der Waals surface area contributed by atoms with Crippen LogP contribution in [0.15, 0.2) is 23.9 Å². The van der Waals surface area contributed by atoms with Crippen molar-refractivity contribution in [3.8, 4) is 0 Å². The van der Waals surface area contributed by atoms with E-state index in [1.165, 1.54) is 0 Å². The molecule has 6 heteroatoms. The highest BCUT2D eigenvalue weighted by molar-refractivity contribution is 6.27. The quantitative estimate of drug-likeness (QED) is 0.662. The maximum Gasteiger partial charge on any atom is 0.306 e. The molecule has 1 aromatic rings. The molecule has 6 nitrogen and oxygen atoms in total. The number of Topliss-reactive ketones (excluding diaryl/α,β-unsaturated/α-hetero) is 2. The molecule has 0 radical (unpaired) electrons. The van der Waals surface area contributed by atoms with Crippen molar-refractivity contribution in [1.29, 1.82) is 0 Å². The third kappa shape index (κ3) is 2.46. The fraction of sp³-hybridized carbons (Fsp3) is 0.500. The zero-order valence-electron chi connectivity index (χ0n) is 13.7. The number of aliphatic hydroxyl groups excluding tert-OH is 1. The van der Waals surface area contributed by atoms with Crippen LogP contribution in [0, 0.1) is 0 Å². The minimum Gasteiger partial charge on any atom is -0.505 e. The van der Waals surface area contributed by atoms with Crippen molar-refractivity contribution < 1.29 is 24.2 Å². The second-order valence-electron chi connectivity index (χ2n) is 6.28. The van der Waals surface area contributed by atoms with E-state index in [1.54, 1.807) is 29.8 Å². The topological polar surface area (TPSA) is 85.6 Å². The number of nitrogens with zero attached hydrogens (tertiary/aromatic N) is 1. The highest BCUT2D eigenvalue weighted by Gasteiger charge is 2.50. The summed E-state index contributed by atoms with van der Waals surface area (Å²) in [6, 6.07) is 3.48. The van der Waals surface area contributed by atoms with Crippen LogP contribution in [0.3, 0.4) is 0 Å². The number of ketones is 2. The Morgan fingerprint density at radius 3 is 2.67 bits per heavy atom. The minimum atomic E-state index is -0.764. The summed E-state index contributed by atoms with van der Waals surface area (Å²) in [5.74, 6) is -1.58. The Morgan fingerprint density at radius 1 is 1.29 bits per heavy atom. The minimum absolute atomic E-state index is 0.0925. The van der Waals surface area contributed by atoms with Crippen LogP contribution in [0.5, 0.6) is 0 Å². The number of aromatic nitrogens is 1. The summed E-state index contributed by atoms with van der Waals surface area (Å²) in [5, 5.41) is 10.5. The molecule has 2 heterocycles. The van der Waals surface area contributed by atoms with E-state index in [0.29, 0.717) is 18.5 Å². The number of carbonyl (C=O) groups is 3. The number of aliphatic hydroxyl groups is 1. The number of allylic oxidation sites excluding steroid dienone is 1. The first kappa shape index (κ1) is 16.5. The number of hydrogen-bond donors (Lipinski definition) is 1. The summed E-state index contributed by atoms with van der Waals surface area (Å²) in [5.41, 5.74) is -0.427. The maximum absolute atomic E-state index is 13.1. The molecule has 1 N–H and O–H groups in total. The van der Waals surface area contributed by atoms with E-state index in [-0.39, 0.29) is 36.6 Å². The molecule has 128 valence electrons. The van der Waals surface area contributed by atoms with Crippen molar-refractivity contribution >= 4 is 23.3 Å². The first-order valence-corrected chi connectivity index (χ1v) is 8.36. The Bertz CT molecular complexity index is 722. The molecule has 1 aromatic heterocycles. The smallest absolute Gasteiger partial charge is 0.306 e. The molecule has 1 saturated carbocycles. The van der Waals surface area contributed by atoms with Crippen LogP contribution in [-0.2, 0) is 24.7 Å². The average Bonchev–Trinajstić information content (AvgIpc) is 3.21. The fourth-order valence-corrected chi connectivity index (χ4v) is 3.79. The van der Waals surface area contributed by atoms with Gasteiger partial charge in [-0.25, -0.2) is 0 Å². The Morgan fingerprint density at radius 2 is 2.00 bits per heavy atom. The second-order valence-corrected chi connectivity index (χ2v) is 6.28. The van der Waals surface area contributed by atoms with E-state index in [9.17, 15) is 19.5 Å². The van der Waals surface area contributed by atoms with Gasteiger partial charge in [-0.05, 0) is 31.9 Å². The number of esters is 1. The third-order valence-electron chi connectivity index (χ3n) is 4.91. The highest BCUT2D eigenvalue weighted by atomic mass is 16.5. The van der Waals surface area contributed by atoms with Crippen LogP contribution in [0.25, 0.3) is 5.76 Å². The van der Waals surface area contributed by atoms with E-state index in [2.05, 4.69) is 0 Å². The average molecular weight is 331 g/mol. The van der Waals surface area contributed by atoms with Gasteiger partial charge in [0.2, 0.25) is 0 Å². The lowest BCUT2D eigenvalue weighted by molar-refractivity contribution is -0.144. The van der Waals surface area contributed by atoms with E-state index >= 15 is 0 Å². The van der Waals surface area contributed by atoms with Gasteiger partial charge >= 0.3 is 5.97 Å². The van der Waals surface area contributed by atoms with Crippen molar-refractivity contribution in [3.05, 3.63) is 29.6 Å². The molecule has 1 spiro atoms. The monoisotopic (exact) mass is 331 g/mol. The predicted octanol–water partition coefficient (Wildman–Crippen LogP) is 2.52. The maximum atomic E-state index is 13.1. The normalized spacial score (nSPS) is 18.8. The molecule has 0 bridgehead atoms. The van der Waals surface area contributed by atoms with Crippen molar-refractivity contribution in [2.75, 3.05) is 6.61 Å². The number of rotatable bonds is 5. The summed E-state index contributed by atoms with van der Waals surface area (Å²) in [6.45, 7) is 1.94. The summed E-state index contributed by atoms with van der Waals surface area (Å²) in [6.07, 6.45) is 4.70. The van der Waals surface area contributed by atoms with Gasteiger partial charge in [-0.1, -0.05) is 12.8 Å². The third-order valence-corrected chi connectivity index (χ3v) is 4.91. The van der Waals surface area contributed by atoms with E-state index in [0.717, 1.165) is 12.8 Å². The van der Waals surface area contributed by atoms with E-state index < -0.39 is 17.3 Å². The highest BCUT2D eigenvalue weighted by Crippen LogP contribution is 2.45.